The van der Waals surface area contributed by atoms with Gasteiger partial charge in [-0.25, -0.2) is 9.98 Å². The zero-order valence-electron chi connectivity index (χ0n) is 29.2. The Morgan fingerprint density at radius 1 is 0.415 bits per heavy atom. The minimum Gasteiger partial charge on any atom is -0.456 e. The highest BCUT2D eigenvalue weighted by molar-refractivity contribution is 6.18. The van der Waals surface area contributed by atoms with Crippen LogP contribution in [0.1, 0.15) is 30.0 Å². The van der Waals surface area contributed by atoms with Gasteiger partial charge in [0.25, 0.3) is 0 Å². The van der Waals surface area contributed by atoms with Crippen LogP contribution in [0.3, 0.4) is 0 Å². The lowest BCUT2D eigenvalue weighted by Gasteiger charge is -2.15. The lowest BCUT2D eigenvalue weighted by molar-refractivity contribution is 0.668. The average molecular weight is 683 g/mol. The van der Waals surface area contributed by atoms with Crippen LogP contribution in [0.4, 0.5) is 0 Å². The number of amidine groups is 1. The van der Waals surface area contributed by atoms with Gasteiger partial charge >= 0.3 is 0 Å². The van der Waals surface area contributed by atoms with Gasteiger partial charge in [0, 0.05) is 33.0 Å². The fourth-order valence-electron chi connectivity index (χ4n) is 7.64. The third-order valence-corrected chi connectivity index (χ3v) is 10.4. The van der Waals surface area contributed by atoms with Crippen molar-refractivity contribution in [2.75, 3.05) is 0 Å². The van der Waals surface area contributed by atoms with E-state index < -0.39 is 0 Å². The van der Waals surface area contributed by atoms with Crippen molar-refractivity contribution in [3.05, 3.63) is 187 Å². The molecule has 4 heteroatoms. The Labute approximate surface area is 307 Å². The van der Waals surface area contributed by atoms with E-state index in [0.29, 0.717) is 5.84 Å². The third-order valence-electron chi connectivity index (χ3n) is 10.4. The van der Waals surface area contributed by atoms with E-state index in [2.05, 4.69) is 140 Å². The molecule has 7 aromatic carbocycles. The van der Waals surface area contributed by atoms with E-state index in [4.69, 9.17) is 18.8 Å². The van der Waals surface area contributed by atoms with Gasteiger partial charge in [-0.05, 0) is 94.4 Å². The Kier molecular flexibility index (Phi) is 7.47. The van der Waals surface area contributed by atoms with E-state index in [1.165, 1.54) is 0 Å². The molecule has 252 valence electrons. The van der Waals surface area contributed by atoms with Crippen LogP contribution in [0.5, 0.6) is 0 Å². The van der Waals surface area contributed by atoms with Crippen LogP contribution < -0.4 is 0 Å². The van der Waals surface area contributed by atoms with E-state index in [1.54, 1.807) is 0 Å². The maximum Gasteiger partial charge on any atom is 0.160 e. The van der Waals surface area contributed by atoms with Gasteiger partial charge in [-0.15, -0.1) is 0 Å². The van der Waals surface area contributed by atoms with Gasteiger partial charge in [0.1, 0.15) is 22.3 Å². The van der Waals surface area contributed by atoms with Crippen LogP contribution in [-0.4, -0.2) is 11.5 Å². The molecule has 1 atom stereocenters. The van der Waals surface area contributed by atoms with E-state index in [-0.39, 0.29) is 5.92 Å². The first-order valence-electron chi connectivity index (χ1n) is 18.2. The van der Waals surface area contributed by atoms with Crippen LogP contribution in [-0.2, 0) is 0 Å². The molecule has 10 rings (SSSR count). The Morgan fingerprint density at radius 2 is 0.906 bits per heavy atom. The second-order valence-corrected chi connectivity index (χ2v) is 13.6. The first-order chi connectivity index (χ1) is 26.2. The molecule has 3 heterocycles. The van der Waals surface area contributed by atoms with Gasteiger partial charge in [-0.2, -0.15) is 0 Å². The number of benzene rings is 7. The minimum atomic E-state index is 0.0542. The Hall–Kier alpha value is -6.78. The molecular formula is C49H34N2O2. The molecule has 53 heavy (non-hydrogen) atoms. The van der Waals surface area contributed by atoms with Crippen molar-refractivity contribution in [1.82, 2.24) is 0 Å². The van der Waals surface area contributed by atoms with Crippen molar-refractivity contribution < 1.29 is 8.83 Å². The average Bonchev–Trinajstić information content (AvgIpc) is 3.71. The maximum atomic E-state index is 6.30. The summed E-state index contributed by atoms with van der Waals surface area (Å²) >= 11 is 0. The minimum absolute atomic E-state index is 0.0542. The first-order valence-corrected chi connectivity index (χ1v) is 18.2. The van der Waals surface area contributed by atoms with Gasteiger partial charge in [-0.3, -0.25) is 0 Å². The molecule has 0 amide bonds. The number of fused-ring (bicyclic) bond motifs is 6. The lowest BCUT2D eigenvalue weighted by atomic mass is 9.90. The zero-order chi connectivity index (χ0) is 35.3. The van der Waals surface area contributed by atoms with Gasteiger partial charge in [-0.1, -0.05) is 122 Å². The Morgan fingerprint density at radius 3 is 1.55 bits per heavy atom. The number of furan rings is 2. The van der Waals surface area contributed by atoms with Crippen molar-refractivity contribution in [1.29, 1.82) is 0 Å². The highest BCUT2D eigenvalue weighted by Gasteiger charge is 2.22. The van der Waals surface area contributed by atoms with Crippen LogP contribution in [0.15, 0.2) is 189 Å². The highest BCUT2D eigenvalue weighted by atomic mass is 16.3. The van der Waals surface area contributed by atoms with Crippen molar-refractivity contribution in [2.45, 2.75) is 13.3 Å². The predicted molar refractivity (Wildman–Crippen MR) is 220 cm³/mol. The quantitative estimate of drug-likeness (QED) is 0.175. The number of aliphatic imine (C=N–C) groups is 2. The van der Waals surface area contributed by atoms with Crippen molar-refractivity contribution in [3.8, 4) is 22.3 Å². The summed E-state index contributed by atoms with van der Waals surface area (Å²) in [4.78, 5) is 10.7. The highest BCUT2D eigenvalue weighted by Crippen LogP contribution is 2.35. The van der Waals surface area contributed by atoms with Gasteiger partial charge in [0.05, 0.1) is 11.4 Å². The van der Waals surface area contributed by atoms with Crippen molar-refractivity contribution in [3.63, 3.8) is 0 Å². The summed E-state index contributed by atoms with van der Waals surface area (Å²) in [6, 6.07) is 57.1. The fourth-order valence-corrected chi connectivity index (χ4v) is 7.64. The maximum absolute atomic E-state index is 6.30. The number of hydrogen-bond donors (Lipinski definition) is 0. The molecule has 1 aliphatic rings. The summed E-state index contributed by atoms with van der Waals surface area (Å²) in [7, 11) is 0. The summed E-state index contributed by atoms with van der Waals surface area (Å²) in [5, 5.41) is 4.46. The van der Waals surface area contributed by atoms with E-state index >= 15 is 0 Å². The molecular weight excluding hydrogens is 649 g/mol. The van der Waals surface area contributed by atoms with Gasteiger partial charge < -0.3 is 8.83 Å². The zero-order valence-corrected chi connectivity index (χ0v) is 29.2. The molecule has 1 unspecified atom stereocenters. The smallest absolute Gasteiger partial charge is 0.160 e. The molecule has 0 spiro atoms. The largest absolute Gasteiger partial charge is 0.456 e. The molecule has 0 N–H and O–H groups in total. The molecule has 0 bridgehead atoms. The van der Waals surface area contributed by atoms with Crippen LogP contribution >= 0.6 is 0 Å². The van der Waals surface area contributed by atoms with Crippen LogP contribution in [0, 0.1) is 5.92 Å². The van der Waals surface area contributed by atoms with E-state index in [9.17, 15) is 0 Å². The predicted octanol–water partition coefficient (Wildman–Crippen LogP) is 13.1. The summed E-state index contributed by atoms with van der Waals surface area (Å²) in [6.07, 6.45) is 3.16. The van der Waals surface area contributed by atoms with Gasteiger partial charge in [0.15, 0.2) is 5.84 Å². The third kappa shape index (κ3) is 5.56. The van der Waals surface area contributed by atoms with Crippen LogP contribution in [0.25, 0.3) is 71.8 Å². The Bertz CT molecular complexity index is 2940. The van der Waals surface area contributed by atoms with Crippen LogP contribution in [0.2, 0.25) is 0 Å². The fraction of sp³-hybridized carbons (Fsp3) is 0.0612. The second kappa shape index (κ2) is 12.8. The van der Waals surface area contributed by atoms with E-state index in [0.717, 1.165) is 101 Å². The number of allylic oxidation sites excluding steroid dienone is 1. The molecule has 0 saturated carbocycles. The molecule has 0 saturated heterocycles. The molecule has 2 aromatic heterocycles. The second-order valence-electron chi connectivity index (χ2n) is 13.6. The topological polar surface area (TPSA) is 51.0 Å². The number of hydrogen-bond acceptors (Lipinski definition) is 4. The molecule has 0 fully saturated rings. The van der Waals surface area contributed by atoms with Crippen molar-refractivity contribution in [2.24, 2.45) is 15.9 Å². The number of rotatable bonds is 6. The normalized spacial score (nSPS) is 14.7. The number of para-hydroxylation sites is 2. The summed E-state index contributed by atoms with van der Waals surface area (Å²) in [5.74, 6) is 0.722. The molecule has 0 radical (unpaired) electrons. The summed E-state index contributed by atoms with van der Waals surface area (Å²) in [5.41, 5.74) is 13.0. The lowest BCUT2D eigenvalue weighted by Crippen LogP contribution is -2.15. The Balaban J connectivity index is 1.06. The molecule has 9 aromatic rings. The molecule has 1 aliphatic heterocycles. The first kappa shape index (κ1) is 31.0. The molecule has 0 aliphatic carbocycles. The van der Waals surface area contributed by atoms with Crippen molar-refractivity contribution >= 4 is 61.1 Å². The summed E-state index contributed by atoms with van der Waals surface area (Å²) in [6.45, 7) is 2.22. The van der Waals surface area contributed by atoms with Gasteiger partial charge in [0.2, 0.25) is 0 Å². The summed E-state index contributed by atoms with van der Waals surface area (Å²) < 4.78 is 12.5. The van der Waals surface area contributed by atoms with E-state index in [1.807, 2.05) is 36.4 Å². The molecule has 4 nitrogen and oxygen atoms in total. The number of nitrogens with zero attached hydrogens (tertiary/aromatic N) is 2. The monoisotopic (exact) mass is 682 g/mol. The SMILES string of the molecule is CCC1C=C(c2ccccc2)N=C(c2ccc3c(c2)oc2ccccc23)N=C1c1cccc(-c2cccc(-c3ccc4c(c3)oc3ccccc34)c2)c1. The standard InChI is InChI=1S/C49H34N2O2/c1-2-31-28-43(32-12-4-3-5-13-32)50-49(38-23-25-42-40-19-7-9-21-45(40)53-47(42)30-38)51-48(31)37-17-11-16-35(27-37)33-14-10-15-34(26-33)36-22-24-41-39-18-6-8-20-44(39)52-46(41)29-36/h3-31H,2H2,1H3.